The topological polar surface area (TPSA) is 70.7 Å². The van der Waals surface area contributed by atoms with Gasteiger partial charge in [0.25, 0.3) is 0 Å². The first-order valence-electron chi connectivity index (χ1n) is 7.53. The Hall–Kier alpha value is -2.99. The molecule has 0 aliphatic rings. The summed E-state index contributed by atoms with van der Waals surface area (Å²) in [6, 6.07) is 17.2. The Morgan fingerprint density at radius 2 is 1.96 bits per heavy atom. The van der Waals surface area contributed by atoms with E-state index in [4.69, 9.17) is 0 Å². The van der Waals surface area contributed by atoms with Gasteiger partial charge in [0.15, 0.2) is 11.3 Å². The fourth-order valence-electron chi connectivity index (χ4n) is 2.51. The molecule has 0 saturated heterocycles. The minimum Gasteiger partial charge on any atom is -0.361 e. The Labute approximate surface area is 142 Å². The Bertz CT molecular complexity index is 1040. The van der Waals surface area contributed by atoms with Gasteiger partial charge in [-0.05, 0) is 17.7 Å². The van der Waals surface area contributed by atoms with Crippen LogP contribution < -0.4 is 10.7 Å². The molecule has 0 saturated carbocycles. The van der Waals surface area contributed by atoms with Crippen LogP contribution >= 0.6 is 11.5 Å². The van der Waals surface area contributed by atoms with Crippen LogP contribution in [-0.4, -0.2) is 14.3 Å². The Morgan fingerprint density at radius 1 is 1.08 bits per heavy atom. The highest BCUT2D eigenvalue weighted by molar-refractivity contribution is 7.09. The zero-order chi connectivity index (χ0) is 16.4. The smallest absolute Gasteiger partial charge is 0.203 e. The summed E-state index contributed by atoms with van der Waals surface area (Å²) >= 11 is 1.34. The van der Waals surface area contributed by atoms with Gasteiger partial charge in [-0.3, -0.25) is 4.79 Å². The van der Waals surface area contributed by atoms with Crippen LogP contribution in [0.25, 0.3) is 22.3 Å². The van der Waals surface area contributed by atoms with Crippen molar-refractivity contribution in [1.82, 2.24) is 14.3 Å². The van der Waals surface area contributed by atoms with Crippen molar-refractivity contribution >= 4 is 27.6 Å². The fraction of sp³-hybridized carbons (Fsp3) is 0.0556. The molecule has 0 unspecified atom stereocenters. The lowest BCUT2D eigenvalue weighted by molar-refractivity contribution is 1.13. The van der Waals surface area contributed by atoms with E-state index in [1.54, 1.807) is 6.20 Å². The lowest BCUT2D eigenvalue weighted by atomic mass is 10.1. The highest BCUT2D eigenvalue weighted by Crippen LogP contribution is 2.21. The molecule has 6 heteroatoms. The number of H-pyrrole nitrogens is 1. The summed E-state index contributed by atoms with van der Waals surface area (Å²) in [5, 5.41) is 4.75. The van der Waals surface area contributed by atoms with Crippen molar-refractivity contribution < 1.29 is 0 Å². The highest BCUT2D eigenvalue weighted by atomic mass is 32.1. The number of aromatic amines is 1. The van der Waals surface area contributed by atoms with Gasteiger partial charge in [-0.2, -0.15) is 9.36 Å². The van der Waals surface area contributed by atoms with Crippen LogP contribution in [0.1, 0.15) is 5.56 Å². The van der Waals surface area contributed by atoms with E-state index in [1.165, 1.54) is 17.6 Å². The number of nitrogens with one attached hydrogen (secondary N) is 2. The molecule has 0 radical (unpaired) electrons. The molecule has 0 bridgehead atoms. The van der Waals surface area contributed by atoms with Crippen LogP contribution in [0.5, 0.6) is 0 Å². The lowest BCUT2D eigenvalue weighted by Gasteiger charge is -2.04. The highest BCUT2D eigenvalue weighted by Gasteiger charge is 2.06. The van der Waals surface area contributed by atoms with Gasteiger partial charge in [-0.1, -0.05) is 36.4 Å². The molecular weight excluding hydrogens is 320 g/mol. The van der Waals surface area contributed by atoms with Crippen molar-refractivity contribution in [2.24, 2.45) is 0 Å². The van der Waals surface area contributed by atoms with E-state index in [-0.39, 0.29) is 5.43 Å². The largest absolute Gasteiger partial charge is 0.361 e. The maximum Gasteiger partial charge on any atom is 0.203 e. The molecule has 118 valence electrons. The fourth-order valence-corrected chi connectivity index (χ4v) is 3.09. The minimum atomic E-state index is 0.0277. The van der Waals surface area contributed by atoms with Crippen molar-refractivity contribution in [2.45, 2.75) is 6.54 Å². The molecule has 4 aromatic rings. The molecule has 4 rings (SSSR count). The van der Waals surface area contributed by atoms with Crippen molar-refractivity contribution in [3.8, 4) is 11.4 Å². The molecule has 0 aliphatic carbocycles. The van der Waals surface area contributed by atoms with E-state index < -0.39 is 0 Å². The number of hydrogen-bond donors (Lipinski definition) is 2. The van der Waals surface area contributed by atoms with Crippen molar-refractivity contribution in [3.63, 3.8) is 0 Å². The van der Waals surface area contributed by atoms with Gasteiger partial charge in [0, 0.05) is 46.8 Å². The first-order valence-corrected chi connectivity index (χ1v) is 8.30. The van der Waals surface area contributed by atoms with Gasteiger partial charge in [0.05, 0.1) is 0 Å². The summed E-state index contributed by atoms with van der Waals surface area (Å²) in [4.78, 5) is 19.4. The minimum absolute atomic E-state index is 0.0277. The van der Waals surface area contributed by atoms with Crippen LogP contribution in [-0.2, 0) is 6.54 Å². The lowest BCUT2D eigenvalue weighted by Crippen LogP contribution is -2.02. The van der Waals surface area contributed by atoms with Gasteiger partial charge in [-0.25, -0.2) is 0 Å². The van der Waals surface area contributed by atoms with E-state index in [0.29, 0.717) is 11.9 Å². The summed E-state index contributed by atoms with van der Waals surface area (Å²) in [5.74, 6) is 0.728. The molecule has 2 heterocycles. The summed E-state index contributed by atoms with van der Waals surface area (Å²) in [6.45, 7) is 0.621. The maximum absolute atomic E-state index is 11.8. The van der Waals surface area contributed by atoms with Gasteiger partial charge < -0.3 is 10.3 Å². The van der Waals surface area contributed by atoms with E-state index in [9.17, 15) is 4.79 Å². The van der Waals surface area contributed by atoms with Crippen LogP contribution in [0.2, 0.25) is 0 Å². The molecule has 2 aromatic heterocycles. The number of nitrogens with zero attached hydrogens (tertiary/aromatic N) is 2. The Balaban J connectivity index is 1.51. The van der Waals surface area contributed by atoms with Crippen molar-refractivity contribution in [3.05, 3.63) is 76.6 Å². The van der Waals surface area contributed by atoms with Gasteiger partial charge in [-0.15, -0.1) is 0 Å². The SMILES string of the molecule is O=c1cc[nH]c2cc(CNc3nc(-c4ccccc4)ns3)ccc12. The number of fused-ring (bicyclic) bond motifs is 1. The number of pyridine rings is 1. The van der Waals surface area contributed by atoms with Crippen LogP contribution in [0.15, 0.2) is 65.6 Å². The number of benzene rings is 2. The van der Waals surface area contributed by atoms with Crippen LogP contribution in [0, 0.1) is 0 Å². The summed E-state index contributed by atoms with van der Waals surface area (Å²) in [6.07, 6.45) is 1.67. The van der Waals surface area contributed by atoms with Gasteiger partial charge in [0.2, 0.25) is 5.13 Å². The number of aromatic nitrogens is 3. The van der Waals surface area contributed by atoms with Crippen molar-refractivity contribution in [2.75, 3.05) is 5.32 Å². The van der Waals surface area contributed by atoms with Crippen molar-refractivity contribution in [1.29, 1.82) is 0 Å². The summed E-state index contributed by atoms with van der Waals surface area (Å²) in [5.41, 5.74) is 2.94. The molecular formula is C18H14N4OS. The van der Waals surface area contributed by atoms with E-state index in [2.05, 4.69) is 19.7 Å². The van der Waals surface area contributed by atoms with Gasteiger partial charge >= 0.3 is 0 Å². The first-order chi connectivity index (χ1) is 11.8. The normalized spacial score (nSPS) is 10.8. The number of anilines is 1. The molecule has 0 amide bonds. The Morgan fingerprint density at radius 3 is 2.83 bits per heavy atom. The third kappa shape index (κ3) is 2.91. The molecule has 0 atom stereocenters. The number of rotatable bonds is 4. The average Bonchev–Trinajstić information content (AvgIpc) is 3.10. The zero-order valence-corrected chi connectivity index (χ0v) is 13.5. The monoisotopic (exact) mass is 334 g/mol. The zero-order valence-electron chi connectivity index (χ0n) is 12.7. The second-order valence-corrected chi connectivity index (χ2v) is 6.12. The summed E-state index contributed by atoms with van der Waals surface area (Å²) in [7, 11) is 0. The molecule has 2 N–H and O–H groups in total. The van der Waals surface area contributed by atoms with Gasteiger partial charge in [0.1, 0.15) is 0 Å². The average molecular weight is 334 g/mol. The molecule has 0 aliphatic heterocycles. The third-order valence-corrected chi connectivity index (χ3v) is 4.40. The van der Waals surface area contributed by atoms with Crippen LogP contribution in [0.4, 0.5) is 5.13 Å². The molecule has 2 aromatic carbocycles. The predicted molar refractivity (Wildman–Crippen MR) is 97.2 cm³/mol. The quantitative estimate of drug-likeness (QED) is 0.597. The Kier molecular flexibility index (Phi) is 3.80. The third-order valence-electron chi connectivity index (χ3n) is 3.72. The van der Waals surface area contributed by atoms with Crippen LogP contribution in [0.3, 0.4) is 0 Å². The molecule has 0 fully saturated rings. The maximum atomic E-state index is 11.8. The van der Waals surface area contributed by atoms with E-state index in [1.807, 2.05) is 48.5 Å². The first kappa shape index (κ1) is 14.6. The molecule has 5 nitrogen and oxygen atoms in total. The van der Waals surface area contributed by atoms with E-state index >= 15 is 0 Å². The standard InChI is InChI=1S/C18H14N4OS/c23-16-8-9-19-15-10-12(6-7-14(15)16)11-20-18-21-17(22-24-18)13-4-2-1-3-5-13/h1-10H,11H2,(H,19,23)(H,20,21,22). The second-order valence-electron chi connectivity index (χ2n) is 5.36. The predicted octanol–water partition coefficient (Wildman–Crippen LogP) is 3.66. The van der Waals surface area contributed by atoms with E-state index in [0.717, 1.165) is 27.6 Å². The number of hydrogen-bond acceptors (Lipinski definition) is 5. The molecule has 24 heavy (non-hydrogen) atoms. The summed E-state index contributed by atoms with van der Waals surface area (Å²) < 4.78 is 4.38. The second kappa shape index (κ2) is 6.25. The molecule has 0 spiro atoms.